The Hall–Kier alpha value is -1.83. The Bertz CT molecular complexity index is 563. The number of hydrogen-bond donors (Lipinski definition) is 1. The second kappa shape index (κ2) is 7.16. The van der Waals surface area contributed by atoms with Gasteiger partial charge in [0.1, 0.15) is 18.2 Å². The molecule has 128 valence electrons. The van der Waals surface area contributed by atoms with Crippen molar-refractivity contribution in [1.29, 1.82) is 0 Å². The molecule has 1 saturated heterocycles. The van der Waals surface area contributed by atoms with Gasteiger partial charge in [-0.15, -0.1) is 0 Å². The van der Waals surface area contributed by atoms with Crippen LogP contribution >= 0.6 is 0 Å². The molecular formula is C15H18F4N2O2. The molecule has 4 nitrogen and oxygen atoms in total. The highest BCUT2D eigenvalue weighted by Crippen LogP contribution is 2.34. The molecule has 2 rings (SSSR count). The van der Waals surface area contributed by atoms with Crippen molar-refractivity contribution in [1.82, 2.24) is 4.90 Å². The Labute approximate surface area is 131 Å². The average molecular weight is 334 g/mol. The third kappa shape index (κ3) is 4.34. The maximum Gasteiger partial charge on any atom is 0.393 e. The predicted molar refractivity (Wildman–Crippen MR) is 75.6 cm³/mol. The number of piperidine rings is 1. The number of carbonyl (C=O) groups is 1. The van der Waals surface area contributed by atoms with Crippen LogP contribution in [-0.2, 0) is 0 Å². The van der Waals surface area contributed by atoms with Gasteiger partial charge in [-0.05, 0) is 31.0 Å². The van der Waals surface area contributed by atoms with Gasteiger partial charge in [0.15, 0.2) is 0 Å². The first-order chi connectivity index (χ1) is 10.8. The first-order valence-electron chi connectivity index (χ1n) is 7.31. The van der Waals surface area contributed by atoms with Crippen molar-refractivity contribution >= 4 is 5.91 Å². The average Bonchev–Trinajstić information content (AvgIpc) is 2.52. The van der Waals surface area contributed by atoms with Crippen LogP contribution in [0.5, 0.6) is 5.75 Å². The van der Waals surface area contributed by atoms with E-state index >= 15 is 0 Å². The highest BCUT2D eigenvalue weighted by molar-refractivity contribution is 5.97. The smallest absolute Gasteiger partial charge is 0.393 e. The van der Waals surface area contributed by atoms with Crippen LogP contribution in [0.1, 0.15) is 23.2 Å². The minimum absolute atomic E-state index is 0.00698. The van der Waals surface area contributed by atoms with Crippen molar-refractivity contribution in [3.8, 4) is 5.75 Å². The van der Waals surface area contributed by atoms with Crippen molar-refractivity contribution in [3.63, 3.8) is 0 Å². The summed E-state index contributed by atoms with van der Waals surface area (Å²) in [5.41, 5.74) is 5.24. The van der Waals surface area contributed by atoms with Crippen LogP contribution in [0, 0.1) is 11.7 Å². The minimum Gasteiger partial charge on any atom is -0.491 e. The fourth-order valence-electron chi connectivity index (χ4n) is 2.56. The van der Waals surface area contributed by atoms with Gasteiger partial charge in [-0.1, -0.05) is 0 Å². The van der Waals surface area contributed by atoms with Crippen LogP contribution in [0.4, 0.5) is 17.6 Å². The van der Waals surface area contributed by atoms with Gasteiger partial charge < -0.3 is 15.4 Å². The molecule has 1 heterocycles. The molecule has 8 heteroatoms. The van der Waals surface area contributed by atoms with Crippen LogP contribution < -0.4 is 10.5 Å². The van der Waals surface area contributed by atoms with Crippen molar-refractivity contribution in [3.05, 3.63) is 29.6 Å². The van der Waals surface area contributed by atoms with E-state index in [2.05, 4.69) is 0 Å². The lowest BCUT2D eigenvalue weighted by molar-refractivity contribution is -0.184. The van der Waals surface area contributed by atoms with Gasteiger partial charge in [0.25, 0.3) is 5.91 Å². The molecule has 0 radical (unpaired) electrons. The monoisotopic (exact) mass is 334 g/mol. The number of nitrogens with two attached hydrogens (primary N) is 1. The highest BCUT2D eigenvalue weighted by atomic mass is 19.4. The van der Waals surface area contributed by atoms with E-state index in [1.807, 2.05) is 0 Å². The summed E-state index contributed by atoms with van der Waals surface area (Å²) in [6.45, 7) is 0.107. The Morgan fingerprint density at radius 2 is 2.13 bits per heavy atom. The number of nitrogens with zero attached hydrogens (tertiary/aromatic N) is 1. The normalized spacial score (nSPS) is 18.8. The number of ether oxygens (including phenoxy) is 1. The molecule has 0 aromatic heterocycles. The molecule has 23 heavy (non-hydrogen) atoms. The van der Waals surface area contributed by atoms with Gasteiger partial charge in [0, 0.05) is 19.6 Å². The van der Waals surface area contributed by atoms with E-state index in [1.54, 1.807) is 0 Å². The largest absolute Gasteiger partial charge is 0.491 e. The number of carbonyl (C=O) groups excluding carboxylic acids is 1. The van der Waals surface area contributed by atoms with Crippen LogP contribution in [0.2, 0.25) is 0 Å². The predicted octanol–water partition coefficient (Wildman–Crippen LogP) is 2.58. The quantitative estimate of drug-likeness (QED) is 0.861. The molecule has 1 amide bonds. The number of halogens is 4. The molecular weight excluding hydrogens is 316 g/mol. The molecule has 1 atom stereocenters. The summed E-state index contributed by atoms with van der Waals surface area (Å²) in [5.74, 6) is -2.75. The molecule has 1 aliphatic rings. The Morgan fingerprint density at radius 1 is 1.39 bits per heavy atom. The summed E-state index contributed by atoms with van der Waals surface area (Å²) in [7, 11) is 0. The first-order valence-corrected chi connectivity index (χ1v) is 7.31. The Balaban J connectivity index is 2.20. The van der Waals surface area contributed by atoms with E-state index in [0.29, 0.717) is 0 Å². The molecule has 1 aromatic carbocycles. The zero-order valence-corrected chi connectivity index (χ0v) is 12.4. The van der Waals surface area contributed by atoms with E-state index in [1.165, 1.54) is 6.07 Å². The van der Waals surface area contributed by atoms with Gasteiger partial charge in [0.2, 0.25) is 0 Å². The third-order valence-electron chi connectivity index (χ3n) is 3.72. The molecule has 1 fully saturated rings. The summed E-state index contributed by atoms with van der Waals surface area (Å²) in [6.07, 6.45) is -4.10. The van der Waals surface area contributed by atoms with Crippen LogP contribution in [0.15, 0.2) is 18.2 Å². The van der Waals surface area contributed by atoms with Crippen LogP contribution in [0.25, 0.3) is 0 Å². The van der Waals surface area contributed by atoms with E-state index < -0.39 is 30.4 Å². The number of hydrogen-bond acceptors (Lipinski definition) is 3. The molecule has 1 unspecified atom stereocenters. The van der Waals surface area contributed by atoms with Gasteiger partial charge in [-0.2, -0.15) is 13.2 Å². The Kier molecular flexibility index (Phi) is 5.46. The summed E-state index contributed by atoms with van der Waals surface area (Å²) >= 11 is 0. The van der Waals surface area contributed by atoms with Gasteiger partial charge in [-0.3, -0.25) is 4.79 Å². The third-order valence-corrected chi connectivity index (χ3v) is 3.72. The zero-order valence-electron chi connectivity index (χ0n) is 12.4. The van der Waals surface area contributed by atoms with E-state index in [0.717, 1.165) is 17.0 Å². The summed E-state index contributed by atoms with van der Waals surface area (Å²) in [5, 5.41) is 0. The molecule has 0 saturated carbocycles. The standard InChI is InChI=1S/C15H18F4N2O2/c16-11-3-4-13(23-7-5-20)12(8-11)14(22)21-6-1-2-10(9-21)15(17,18)19/h3-4,8,10H,1-2,5-7,9,20H2. The summed E-state index contributed by atoms with van der Waals surface area (Å²) < 4.78 is 57.3. The zero-order chi connectivity index (χ0) is 17.0. The molecule has 1 aromatic rings. The van der Waals surface area contributed by atoms with Gasteiger partial charge in [-0.25, -0.2) is 4.39 Å². The van der Waals surface area contributed by atoms with Crippen molar-refractivity contribution in [2.45, 2.75) is 19.0 Å². The molecule has 1 aliphatic heterocycles. The van der Waals surface area contributed by atoms with E-state index in [9.17, 15) is 22.4 Å². The number of likely N-dealkylation sites (tertiary alicyclic amines) is 1. The fourth-order valence-corrected chi connectivity index (χ4v) is 2.56. The minimum atomic E-state index is -4.35. The number of rotatable bonds is 4. The fraction of sp³-hybridized carbons (Fsp3) is 0.533. The number of alkyl halides is 3. The van der Waals surface area contributed by atoms with Crippen molar-refractivity contribution in [2.24, 2.45) is 11.7 Å². The van der Waals surface area contributed by atoms with Crippen molar-refractivity contribution < 1.29 is 27.1 Å². The molecule has 0 aliphatic carbocycles. The van der Waals surface area contributed by atoms with Crippen LogP contribution in [0.3, 0.4) is 0 Å². The number of amides is 1. The second-order valence-corrected chi connectivity index (χ2v) is 5.41. The Morgan fingerprint density at radius 3 is 2.78 bits per heavy atom. The SMILES string of the molecule is NCCOc1ccc(F)cc1C(=O)N1CCCC(C(F)(F)F)C1. The number of benzene rings is 1. The first kappa shape index (κ1) is 17.5. The lowest BCUT2D eigenvalue weighted by Crippen LogP contribution is -2.44. The molecule has 2 N–H and O–H groups in total. The maximum atomic E-state index is 13.4. The topological polar surface area (TPSA) is 55.6 Å². The van der Waals surface area contributed by atoms with Crippen LogP contribution in [-0.4, -0.2) is 43.2 Å². The summed E-state index contributed by atoms with van der Waals surface area (Å²) in [4.78, 5) is 13.6. The van der Waals surface area contributed by atoms with Gasteiger partial charge >= 0.3 is 6.18 Å². The lowest BCUT2D eigenvalue weighted by Gasteiger charge is -2.34. The second-order valence-electron chi connectivity index (χ2n) is 5.41. The summed E-state index contributed by atoms with van der Waals surface area (Å²) in [6, 6.07) is 3.38. The van der Waals surface area contributed by atoms with E-state index in [4.69, 9.17) is 10.5 Å². The molecule has 0 spiro atoms. The van der Waals surface area contributed by atoms with E-state index in [-0.39, 0.29) is 43.9 Å². The van der Waals surface area contributed by atoms with Gasteiger partial charge in [0.05, 0.1) is 11.5 Å². The molecule has 0 bridgehead atoms. The maximum absolute atomic E-state index is 13.4. The highest BCUT2D eigenvalue weighted by Gasteiger charge is 2.43. The van der Waals surface area contributed by atoms with Crippen molar-refractivity contribution in [2.75, 3.05) is 26.2 Å². The lowest BCUT2D eigenvalue weighted by atomic mass is 9.97.